The van der Waals surface area contributed by atoms with Crippen LogP contribution in [0.4, 0.5) is 5.82 Å². The molecule has 1 saturated heterocycles. The monoisotopic (exact) mass is 410 g/mol. The predicted octanol–water partition coefficient (Wildman–Crippen LogP) is 3.41. The van der Waals surface area contributed by atoms with Gasteiger partial charge in [0.05, 0.1) is 25.3 Å². The second kappa shape index (κ2) is 9.79. The van der Waals surface area contributed by atoms with E-state index < -0.39 is 0 Å². The molecule has 3 rings (SSSR count). The average Bonchev–Trinajstić information content (AvgIpc) is 2.99. The van der Waals surface area contributed by atoms with Crippen molar-refractivity contribution in [3.63, 3.8) is 0 Å². The van der Waals surface area contributed by atoms with Crippen LogP contribution in [-0.2, 0) is 9.53 Å². The van der Waals surface area contributed by atoms with Crippen LogP contribution in [0.1, 0.15) is 36.6 Å². The Morgan fingerprint density at radius 2 is 1.90 bits per heavy atom. The molecule has 1 aromatic carbocycles. The van der Waals surface area contributed by atoms with Crippen molar-refractivity contribution in [2.45, 2.75) is 39.7 Å². The summed E-state index contributed by atoms with van der Waals surface area (Å²) in [6.45, 7) is 8.56. The molecule has 0 spiro atoms. The number of piperidine rings is 1. The molecule has 1 N–H and O–H groups in total. The molecule has 1 aliphatic heterocycles. The van der Waals surface area contributed by atoms with Crippen LogP contribution in [0.3, 0.4) is 0 Å². The van der Waals surface area contributed by atoms with Gasteiger partial charge in [-0.15, -0.1) is 0 Å². The molecular weight excluding hydrogens is 380 g/mol. The van der Waals surface area contributed by atoms with Gasteiger partial charge >= 0.3 is 0 Å². The Morgan fingerprint density at radius 3 is 2.47 bits per heavy atom. The normalized spacial score (nSPS) is 15.0. The molecule has 1 fully saturated rings. The summed E-state index contributed by atoms with van der Waals surface area (Å²) in [5.41, 5.74) is 3.14. The van der Waals surface area contributed by atoms with Gasteiger partial charge in [0, 0.05) is 31.1 Å². The maximum atomic E-state index is 12.8. The highest BCUT2D eigenvalue weighted by Crippen LogP contribution is 2.30. The number of carbonyl (C=O) groups excluding carboxylic acids is 1. The van der Waals surface area contributed by atoms with Crippen molar-refractivity contribution < 1.29 is 14.3 Å². The fraction of sp³-hybridized carbons (Fsp3) is 0.478. The van der Waals surface area contributed by atoms with Gasteiger partial charge in [0.1, 0.15) is 17.6 Å². The number of rotatable bonds is 7. The van der Waals surface area contributed by atoms with E-state index in [4.69, 9.17) is 9.47 Å². The Hall–Kier alpha value is -2.82. The van der Waals surface area contributed by atoms with Gasteiger partial charge in [-0.3, -0.25) is 14.3 Å². The number of aromatic nitrogens is 1. The van der Waals surface area contributed by atoms with E-state index in [0.717, 1.165) is 55.2 Å². The van der Waals surface area contributed by atoms with Crippen LogP contribution in [0.2, 0.25) is 0 Å². The first-order valence-corrected chi connectivity index (χ1v) is 10.4. The van der Waals surface area contributed by atoms with Crippen LogP contribution in [0.15, 0.2) is 24.3 Å². The Morgan fingerprint density at radius 1 is 1.23 bits per heavy atom. The lowest BCUT2D eigenvalue weighted by atomic mass is 10.1. The standard InChI is InChI=1S/C23H30N4O3/c1-5-30-20-10-12-26(13-11-20)15-22(28)25-23-21(14-24)16(2)17(3)27(23)18-6-8-19(29-4)9-7-18/h6-9,20H,5,10-13,15H2,1-4H3,(H,25,28). The van der Waals surface area contributed by atoms with Crippen molar-refractivity contribution in [3.8, 4) is 17.5 Å². The molecular formula is C23H30N4O3. The van der Waals surface area contributed by atoms with Crippen LogP contribution < -0.4 is 10.1 Å². The Kier molecular flexibility index (Phi) is 7.14. The van der Waals surface area contributed by atoms with Crippen molar-refractivity contribution in [3.05, 3.63) is 41.1 Å². The molecule has 0 unspecified atom stereocenters. The Bertz CT molecular complexity index is 919. The highest BCUT2D eigenvalue weighted by Gasteiger charge is 2.24. The predicted molar refractivity (Wildman–Crippen MR) is 116 cm³/mol. The fourth-order valence-electron chi connectivity index (χ4n) is 3.96. The summed E-state index contributed by atoms with van der Waals surface area (Å²) in [5, 5.41) is 12.7. The van der Waals surface area contributed by atoms with Crippen LogP contribution in [0, 0.1) is 25.2 Å². The summed E-state index contributed by atoms with van der Waals surface area (Å²) in [5.74, 6) is 1.15. The molecule has 0 bridgehead atoms. The van der Waals surface area contributed by atoms with E-state index in [2.05, 4.69) is 16.3 Å². The van der Waals surface area contributed by atoms with E-state index in [1.165, 1.54) is 0 Å². The van der Waals surface area contributed by atoms with Crippen LogP contribution >= 0.6 is 0 Å². The summed E-state index contributed by atoms with van der Waals surface area (Å²) in [6.07, 6.45) is 2.16. The number of nitriles is 1. The van der Waals surface area contributed by atoms with Crippen molar-refractivity contribution in [1.82, 2.24) is 9.47 Å². The van der Waals surface area contributed by atoms with Crippen molar-refractivity contribution in [2.75, 3.05) is 38.7 Å². The molecule has 1 aromatic heterocycles. The number of nitrogens with one attached hydrogen (secondary N) is 1. The van der Waals surface area contributed by atoms with Crippen LogP contribution in [0.5, 0.6) is 5.75 Å². The third-order valence-corrected chi connectivity index (χ3v) is 5.72. The lowest BCUT2D eigenvalue weighted by molar-refractivity contribution is -0.118. The van der Waals surface area contributed by atoms with Gasteiger partial charge in [-0.25, -0.2) is 0 Å². The first kappa shape index (κ1) is 21.9. The molecule has 7 nitrogen and oxygen atoms in total. The summed E-state index contributed by atoms with van der Waals surface area (Å²) >= 11 is 0. The molecule has 0 atom stereocenters. The number of benzene rings is 1. The maximum absolute atomic E-state index is 12.8. The Labute approximate surface area is 178 Å². The number of nitrogens with zero attached hydrogens (tertiary/aromatic N) is 3. The number of hydrogen-bond acceptors (Lipinski definition) is 5. The highest BCUT2D eigenvalue weighted by molar-refractivity contribution is 5.93. The quantitative estimate of drug-likeness (QED) is 0.757. The average molecular weight is 411 g/mol. The molecule has 0 saturated carbocycles. The van der Waals surface area contributed by atoms with Crippen molar-refractivity contribution in [1.29, 1.82) is 5.26 Å². The minimum Gasteiger partial charge on any atom is -0.497 e. The van der Waals surface area contributed by atoms with Crippen molar-refractivity contribution in [2.24, 2.45) is 0 Å². The molecule has 0 radical (unpaired) electrons. The van der Waals surface area contributed by atoms with Crippen LogP contribution in [0.25, 0.3) is 5.69 Å². The van der Waals surface area contributed by atoms with Gasteiger partial charge in [-0.1, -0.05) is 0 Å². The van der Waals surface area contributed by atoms with E-state index in [-0.39, 0.29) is 12.0 Å². The maximum Gasteiger partial charge on any atom is 0.239 e. The first-order valence-electron chi connectivity index (χ1n) is 10.4. The minimum atomic E-state index is -0.117. The number of hydrogen-bond donors (Lipinski definition) is 1. The molecule has 2 heterocycles. The van der Waals surface area contributed by atoms with Crippen LogP contribution in [-0.4, -0.2) is 54.8 Å². The minimum absolute atomic E-state index is 0.117. The number of carbonyl (C=O) groups is 1. The van der Waals surface area contributed by atoms with Gasteiger partial charge in [-0.2, -0.15) is 5.26 Å². The SMILES string of the molecule is CCOC1CCN(CC(=O)Nc2c(C#N)c(C)c(C)n2-c2ccc(OC)cc2)CC1. The molecule has 0 aliphatic carbocycles. The van der Waals surface area contributed by atoms with Gasteiger partial charge in [-0.05, 0) is 63.4 Å². The smallest absolute Gasteiger partial charge is 0.239 e. The molecule has 30 heavy (non-hydrogen) atoms. The lowest BCUT2D eigenvalue weighted by Gasteiger charge is -2.31. The number of ether oxygens (including phenoxy) is 2. The zero-order chi connectivity index (χ0) is 21.7. The van der Waals surface area contributed by atoms with E-state index in [9.17, 15) is 10.1 Å². The Balaban J connectivity index is 1.78. The number of amides is 1. The van der Waals surface area contributed by atoms with E-state index in [0.29, 0.717) is 17.9 Å². The van der Waals surface area contributed by atoms with Crippen molar-refractivity contribution >= 4 is 11.7 Å². The van der Waals surface area contributed by atoms with E-state index in [1.807, 2.05) is 49.6 Å². The lowest BCUT2D eigenvalue weighted by Crippen LogP contribution is -2.41. The summed E-state index contributed by atoms with van der Waals surface area (Å²) in [7, 11) is 1.62. The topological polar surface area (TPSA) is 79.5 Å². The van der Waals surface area contributed by atoms with E-state index in [1.54, 1.807) is 7.11 Å². The number of methoxy groups -OCH3 is 1. The summed E-state index contributed by atoms with van der Waals surface area (Å²) in [4.78, 5) is 15.0. The zero-order valence-corrected chi connectivity index (χ0v) is 18.2. The molecule has 2 aromatic rings. The zero-order valence-electron chi connectivity index (χ0n) is 18.2. The van der Waals surface area contributed by atoms with Gasteiger partial charge in [0.15, 0.2) is 0 Å². The molecule has 1 amide bonds. The van der Waals surface area contributed by atoms with Gasteiger partial charge in [0.2, 0.25) is 5.91 Å². The third kappa shape index (κ3) is 4.66. The molecule has 7 heteroatoms. The summed E-state index contributed by atoms with van der Waals surface area (Å²) in [6, 6.07) is 9.82. The largest absolute Gasteiger partial charge is 0.497 e. The molecule has 160 valence electrons. The number of anilines is 1. The van der Waals surface area contributed by atoms with Gasteiger partial charge < -0.3 is 14.8 Å². The number of likely N-dealkylation sites (tertiary alicyclic amines) is 1. The third-order valence-electron chi connectivity index (χ3n) is 5.72. The second-order valence-corrected chi connectivity index (χ2v) is 7.56. The van der Waals surface area contributed by atoms with E-state index >= 15 is 0 Å². The second-order valence-electron chi connectivity index (χ2n) is 7.56. The highest BCUT2D eigenvalue weighted by atomic mass is 16.5. The molecule has 1 aliphatic rings. The first-order chi connectivity index (χ1) is 14.5. The van der Waals surface area contributed by atoms with Gasteiger partial charge in [0.25, 0.3) is 0 Å². The fourth-order valence-corrected chi connectivity index (χ4v) is 3.96. The summed E-state index contributed by atoms with van der Waals surface area (Å²) < 4.78 is 12.8.